The summed E-state index contributed by atoms with van der Waals surface area (Å²) in [4.78, 5) is 11.8. The first-order chi connectivity index (χ1) is 16.0. The number of hydrogen-bond acceptors (Lipinski definition) is 5. The van der Waals surface area contributed by atoms with Crippen LogP contribution in [0, 0.1) is 5.92 Å². The molecule has 4 N–H and O–H groups in total. The number of carbonyl (C=O) groups is 1. The van der Waals surface area contributed by atoms with Crippen LogP contribution in [-0.4, -0.2) is 54.8 Å². The van der Waals surface area contributed by atoms with E-state index < -0.39 is 28.1 Å². The van der Waals surface area contributed by atoms with Gasteiger partial charge in [-0.25, -0.2) is 5.01 Å². The van der Waals surface area contributed by atoms with Crippen LogP contribution in [-0.2, 0) is 14.8 Å². The highest BCUT2D eigenvalue weighted by atomic mass is 35.5. The molecule has 0 fully saturated rings. The fourth-order valence-electron chi connectivity index (χ4n) is 3.41. The van der Waals surface area contributed by atoms with Crippen molar-refractivity contribution in [1.29, 1.82) is 0 Å². The van der Waals surface area contributed by atoms with Crippen LogP contribution >= 0.6 is 23.2 Å². The third-order valence-corrected chi connectivity index (χ3v) is 7.06. The maximum Gasteiger partial charge on any atom is 0.285 e. The Kier molecular flexibility index (Phi) is 8.19. The maximum absolute atomic E-state index is 13.0. The van der Waals surface area contributed by atoms with Crippen molar-refractivity contribution >= 4 is 50.8 Å². The Morgan fingerprint density at radius 1 is 1.21 bits per heavy atom. The van der Waals surface area contributed by atoms with Crippen molar-refractivity contribution < 1.29 is 18.3 Å². The number of hydrazone groups is 1. The van der Waals surface area contributed by atoms with Gasteiger partial charge >= 0.3 is 0 Å². The molecule has 182 valence electrons. The summed E-state index contributed by atoms with van der Waals surface area (Å²) in [6, 6.07) is 11.3. The second-order valence-corrected chi connectivity index (χ2v) is 10.3. The number of carbonyl (C=O) groups excluding carboxylic acids is 1. The maximum atomic E-state index is 13.0. The van der Waals surface area contributed by atoms with E-state index in [1.807, 2.05) is 19.1 Å². The van der Waals surface area contributed by atoms with Crippen LogP contribution < -0.4 is 11.1 Å². The summed E-state index contributed by atoms with van der Waals surface area (Å²) in [6.07, 6.45) is -0.504. The SMILES string of the molecule is CC[C@H]1CN(/C(=N/S(=O)(=O)c2ccc(Cl)cc2)N[C@@H](C(N)=O)[C@@H](C)O)N=C1c1ccc(Cl)cc1. The number of amides is 1. The summed E-state index contributed by atoms with van der Waals surface area (Å²) in [7, 11) is -4.22. The smallest absolute Gasteiger partial charge is 0.285 e. The van der Waals surface area contributed by atoms with Gasteiger partial charge in [0.2, 0.25) is 11.9 Å². The lowest BCUT2D eigenvalue weighted by Gasteiger charge is -2.24. The molecule has 2 aromatic rings. The molecule has 0 aromatic heterocycles. The lowest BCUT2D eigenvalue weighted by Crippen LogP contribution is -2.54. The molecule has 9 nitrogen and oxygen atoms in total. The molecular formula is C22H25Cl2N5O4S. The van der Waals surface area contributed by atoms with Gasteiger partial charge in [0.15, 0.2) is 0 Å². The number of aliphatic hydroxyl groups is 1. The predicted molar refractivity (Wildman–Crippen MR) is 132 cm³/mol. The van der Waals surface area contributed by atoms with Crippen LogP contribution in [0.5, 0.6) is 0 Å². The molecule has 1 amide bonds. The summed E-state index contributed by atoms with van der Waals surface area (Å²) in [5.41, 5.74) is 6.95. The number of hydrogen-bond donors (Lipinski definition) is 3. The summed E-state index contributed by atoms with van der Waals surface area (Å²) >= 11 is 11.9. The highest BCUT2D eigenvalue weighted by molar-refractivity contribution is 7.90. The van der Waals surface area contributed by atoms with Crippen molar-refractivity contribution in [2.45, 2.75) is 37.3 Å². The average molecular weight is 526 g/mol. The molecule has 2 aromatic carbocycles. The van der Waals surface area contributed by atoms with Gasteiger partial charge in [0.1, 0.15) is 6.04 Å². The van der Waals surface area contributed by atoms with Gasteiger partial charge in [0.05, 0.1) is 23.3 Å². The highest BCUT2D eigenvalue weighted by Crippen LogP contribution is 2.25. The van der Waals surface area contributed by atoms with Crippen molar-refractivity contribution in [2.24, 2.45) is 21.2 Å². The van der Waals surface area contributed by atoms with E-state index in [-0.39, 0.29) is 16.8 Å². The third kappa shape index (κ3) is 6.06. The Labute approximate surface area is 208 Å². The van der Waals surface area contributed by atoms with Crippen LogP contribution in [0.3, 0.4) is 0 Å². The average Bonchev–Trinajstić information content (AvgIpc) is 3.21. The van der Waals surface area contributed by atoms with Gasteiger partial charge in [0.25, 0.3) is 10.0 Å². The zero-order valence-corrected chi connectivity index (χ0v) is 20.8. The van der Waals surface area contributed by atoms with Gasteiger partial charge in [-0.2, -0.15) is 13.5 Å². The second kappa shape index (κ2) is 10.7. The minimum atomic E-state index is -4.22. The summed E-state index contributed by atoms with van der Waals surface area (Å²) in [6.45, 7) is 3.63. The third-order valence-electron chi connectivity index (χ3n) is 5.28. The molecule has 0 aliphatic carbocycles. The molecule has 34 heavy (non-hydrogen) atoms. The number of guanidine groups is 1. The summed E-state index contributed by atoms with van der Waals surface area (Å²) in [5, 5.41) is 19.6. The minimum Gasteiger partial charge on any atom is -0.391 e. The molecular weight excluding hydrogens is 501 g/mol. The Morgan fingerprint density at radius 2 is 1.76 bits per heavy atom. The molecule has 0 bridgehead atoms. The first-order valence-corrected chi connectivity index (χ1v) is 12.7. The van der Waals surface area contributed by atoms with Crippen molar-refractivity contribution in [2.75, 3.05) is 6.54 Å². The standard InChI is InChI=1S/C22H25Cl2N5O4S/c1-3-14-12-29(27-20(14)15-4-6-16(23)7-5-15)22(26-19(13(2)30)21(25)31)28-34(32,33)18-10-8-17(24)9-11-18/h4-11,13-14,19,30H,3,12H2,1-2H3,(H2,25,31)(H,26,28)/t13-,14+,19-/m1/s1. The van der Waals surface area contributed by atoms with E-state index >= 15 is 0 Å². The van der Waals surface area contributed by atoms with Gasteiger partial charge in [-0.3, -0.25) is 4.79 Å². The molecule has 1 aliphatic rings. The molecule has 0 saturated carbocycles. The first-order valence-electron chi connectivity index (χ1n) is 10.5. The van der Waals surface area contributed by atoms with Crippen LogP contribution in [0.4, 0.5) is 0 Å². The van der Waals surface area contributed by atoms with Crippen molar-refractivity contribution in [1.82, 2.24) is 10.3 Å². The highest BCUT2D eigenvalue weighted by Gasteiger charge is 2.33. The minimum absolute atomic E-state index is 0.0509. The number of benzene rings is 2. The van der Waals surface area contributed by atoms with Crippen LogP contribution in [0.1, 0.15) is 25.8 Å². The Hall–Kier alpha value is -2.66. The fraction of sp³-hybridized carbons (Fsp3) is 0.318. The zero-order valence-electron chi connectivity index (χ0n) is 18.5. The summed E-state index contributed by atoms with van der Waals surface area (Å²) < 4.78 is 30.0. The van der Waals surface area contributed by atoms with Crippen LogP contribution in [0.2, 0.25) is 10.0 Å². The Morgan fingerprint density at radius 3 is 2.26 bits per heavy atom. The van der Waals surface area contributed by atoms with Gasteiger partial charge in [-0.15, -0.1) is 4.40 Å². The van der Waals surface area contributed by atoms with Gasteiger partial charge in [0, 0.05) is 16.0 Å². The number of nitrogens with one attached hydrogen (secondary N) is 1. The molecule has 12 heteroatoms. The van der Waals surface area contributed by atoms with Crippen LogP contribution in [0.15, 0.2) is 62.9 Å². The first kappa shape index (κ1) is 26.0. The van der Waals surface area contributed by atoms with Gasteiger partial charge in [-0.05, 0) is 55.3 Å². The van der Waals surface area contributed by atoms with Gasteiger partial charge in [-0.1, -0.05) is 42.3 Å². The van der Waals surface area contributed by atoms with E-state index in [2.05, 4.69) is 14.8 Å². The molecule has 0 saturated heterocycles. The molecule has 3 atom stereocenters. The number of primary amides is 1. The molecule has 0 spiro atoms. The topological polar surface area (TPSA) is 137 Å². The number of aliphatic hydroxyl groups excluding tert-OH is 1. The fourth-order valence-corrected chi connectivity index (χ4v) is 4.62. The largest absolute Gasteiger partial charge is 0.391 e. The lowest BCUT2D eigenvalue weighted by molar-refractivity contribution is -0.121. The van der Waals surface area contributed by atoms with Crippen molar-refractivity contribution in [3.63, 3.8) is 0 Å². The van der Waals surface area contributed by atoms with E-state index in [0.29, 0.717) is 28.7 Å². The number of nitrogens with zero attached hydrogens (tertiary/aromatic N) is 3. The van der Waals surface area contributed by atoms with E-state index in [4.69, 9.17) is 28.9 Å². The molecule has 3 rings (SSSR count). The second-order valence-electron chi connectivity index (χ2n) is 7.79. The van der Waals surface area contributed by atoms with E-state index in [9.17, 15) is 18.3 Å². The molecule has 0 unspecified atom stereocenters. The van der Waals surface area contributed by atoms with Crippen LogP contribution in [0.25, 0.3) is 0 Å². The zero-order chi connectivity index (χ0) is 25.0. The monoisotopic (exact) mass is 525 g/mol. The van der Waals surface area contributed by atoms with Gasteiger partial charge < -0.3 is 16.2 Å². The number of rotatable bonds is 7. The molecule has 1 aliphatic heterocycles. The number of sulfonamides is 1. The number of nitrogens with two attached hydrogens (primary N) is 1. The Bertz CT molecular complexity index is 1200. The molecule has 1 heterocycles. The van der Waals surface area contributed by atoms with Crippen molar-refractivity contribution in [3.8, 4) is 0 Å². The van der Waals surface area contributed by atoms with E-state index in [0.717, 1.165) is 5.56 Å². The normalized spacial score (nSPS) is 18.4. The summed E-state index contributed by atoms with van der Waals surface area (Å²) in [5.74, 6) is -1.16. The van der Waals surface area contributed by atoms with E-state index in [1.54, 1.807) is 12.1 Å². The van der Waals surface area contributed by atoms with E-state index in [1.165, 1.54) is 36.2 Å². The predicted octanol–water partition coefficient (Wildman–Crippen LogP) is 2.61. The molecule has 0 radical (unpaired) electrons. The quantitative estimate of drug-likeness (QED) is 0.375. The van der Waals surface area contributed by atoms with Crippen molar-refractivity contribution in [3.05, 3.63) is 64.1 Å². The lowest BCUT2D eigenvalue weighted by atomic mass is 9.95. The number of halogens is 2. The Balaban J connectivity index is 2.07.